The molecule has 0 radical (unpaired) electrons. The highest BCUT2D eigenvalue weighted by Crippen LogP contribution is 2.40. The van der Waals surface area contributed by atoms with E-state index in [-0.39, 0.29) is 6.99 Å². The Kier molecular flexibility index (Phi) is 4.98. The number of fused-ring (bicyclic) bond motifs is 1. The van der Waals surface area contributed by atoms with Crippen molar-refractivity contribution in [2.24, 2.45) is 0 Å². The van der Waals surface area contributed by atoms with Crippen LogP contribution in [0.3, 0.4) is 0 Å². The number of benzene rings is 1. The predicted molar refractivity (Wildman–Crippen MR) is 113 cm³/mol. The Morgan fingerprint density at radius 1 is 1.24 bits per heavy atom. The van der Waals surface area contributed by atoms with Gasteiger partial charge < -0.3 is 4.90 Å². The zero-order valence-electron chi connectivity index (χ0n) is 17.0. The number of hydrogen-bond donors (Lipinski definition) is 1. The van der Waals surface area contributed by atoms with Crippen molar-refractivity contribution in [2.75, 3.05) is 11.4 Å². The normalized spacial score (nSPS) is 14.3. The van der Waals surface area contributed by atoms with Crippen LogP contribution in [-0.2, 0) is 13.0 Å². The van der Waals surface area contributed by atoms with Crippen molar-refractivity contribution < 1.29 is 10.2 Å². The van der Waals surface area contributed by atoms with Crippen LogP contribution in [0.25, 0.3) is 17.0 Å². The van der Waals surface area contributed by atoms with E-state index in [0.29, 0.717) is 36.7 Å². The quantitative estimate of drug-likeness (QED) is 0.607. The summed E-state index contributed by atoms with van der Waals surface area (Å²) in [6.45, 7) is 11.4. The highest BCUT2D eigenvalue weighted by Gasteiger charge is 2.31. The van der Waals surface area contributed by atoms with E-state index in [0.717, 1.165) is 29.1 Å². The van der Waals surface area contributed by atoms with Gasteiger partial charge in [-0.15, -0.1) is 0 Å². The van der Waals surface area contributed by atoms with Crippen molar-refractivity contribution in [2.45, 2.75) is 46.1 Å². The Balaban J connectivity index is 0.00000256. The molecule has 4 rings (SSSR count). The molecule has 0 aliphatic carbocycles. The topological polar surface area (TPSA) is 49.7 Å². The highest BCUT2D eigenvalue weighted by atomic mass is 19.1. The monoisotopic (exact) mass is 399 g/mol. The van der Waals surface area contributed by atoms with Crippen molar-refractivity contribution >= 4 is 11.5 Å². The average molecular weight is 399 g/mol. The number of aromatic amines is 1. The summed E-state index contributed by atoms with van der Waals surface area (Å²) in [5.41, 5.74) is 3.69. The molecule has 2 aromatic heterocycles. The fourth-order valence-corrected chi connectivity index (χ4v) is 3.91. The summed E-state index contributed by atoms with van der Waals surface area (Å²) in [7, 11) is 0. The van der Waals surface area contributed by atoms with Gasteiger partial charge in [0.15, 0.2) is 0 Å². The first kappa shape index (κ1) is 19.4. The fraction of sp³-hybridized carbons (Fsp3) is 0.364. The van der Waals surface area contributed by atoms with Gasteiger partial charge in [0.2, 0.25) is 0 Å². The van der Waals surface area contributed by atoms with Crippen molar-refractivity contribution in [3.63, 3.8) is 0 Å². The number of nitrogens with zero attached hydrogens (tertiary/aromatic N) is 4. The number of halogens is 2. The van der Waals surface area contributed by atoms with E-state index in [1.54, 1.807) is 6.20 Å². The molecule has 0 spiro atoms. The van der Waals surface area contributed by atoms with Gasteiger partial charge >= 0.3 is 0 Å². The van der Waals surface area contributed by atoms with Gasteiger partial charge in [0.25, 0.3) is 0 Å². The second-order valence-electron chi connectivity index (χ2n) is 7.50. The summed E-state index contributed by atoms with van der Waals surface area (Å²) in [6, 6.07) is 2.77. The molecule has 0 fully saturated rings. The van der Waals surface area contributed by atoms with E-state index >= 15 is 0 Å². The van der Waals surface area contributed by atoms with Crippen LogP contribution in [0.4, 0.5) is 14.6 Å². The maximum Gasteiger partial charge on any atom is 0.140 e. The van der Waals surface area contributed by atoms with Crippen LogP contribution in [0.15, 0.2) is 31.1 Å². The second-order valence-corrected chi connectivity index (χ2v) is 7.50. The van der Waals surface area contributed by atoms with Crippen molar-refractivity contribution in [1.82, 2.24) is 20.0 Å². The van der Waals surface area contributed by atoms with Gasteiger partial charge in [0, 0.05) is 19.2 Å². The lowest BCUT2D eigenvalue weighted by Crippen LogP contribution is -2.20. The Hall–Kier alpha value is -2.96. The molecule has 1 aliphatic rings. The molecular formula is C22H27F2N5. The van der Waals surface area contributed by atoms with E-state index in [1.165, 1.54) is 12.1 Å². The molecule has 1 aromatic carbocycles. The largest absolute Gasteiger partial charge is 0.324 e. The second kappa shape index (κ2) is 7.46. The lowest BCUT2D eigenvalue weighted by molar-refractivity contribution is 0.572. The van der Waals surface area contributed by atoms with Gasteiger partial charge in [-0.05, 0) is 36.5 Å². The Bertz CT molecular complexity index is 1050. The minimum absolute atomic E-state index is 0. The molecule has 1 N–H and O–H groups in total. The molecule has 29 heavy (non-hydrogen) atoms. The van der Waals surface area contributed by atoms with Gasteiger partial charge in [-0.1, -0.05) is 27.4 Å². The van der Waals surface area contributed by atoms with Gasteiger partial charge in [-0.25, -0.2) is 13.5 Å². The zero-order valence-corrected chi connectivity index (χ0v) is 17.0. The molecule has 1 unspecified atom stereocenters. The van der Waals surface area contributed by atoms with Crippen LogP contribution in [0.2, 0.25) is 0 Å². The summed E-state index contributed by atoms with van der Waals surface area (Å²) in [6.07, 6.45) is 5.16. The lowest BCUT2D eigenvalue weighted by atomic mass is 9.97. The predicted octanol–water partition coefficient (Wildman–Crippen LogP) is 5.36. The number of H-pyrrole nitrogens is 1. The number of aromatic nitrogens is 4. The Labute approximate surface area is 170 Å². The van der Waals surface area contributed by atoms with Crippen molar-refractivity contribution in [3.05, 3.63) is 59.4 Å². The first-order valence-electron chi connectivity index (χ1n) is 10.00. The molecule has 7 heteroatoms. The third-order valence-corrected chi connectivity index (χ3v) is 5.81. The number of anilines is 1. The summed E-state index contributed by atoms with van der Waals surface area (Å²) in [5.74, 6) is -0.0718. The third kappa shape index (κ3) is 3.14. The van der Waals surface area contributed by atoms with Gasteiger partial charge in [-0.3, -0.25) is 5.10 Å². The number of rotatable bonds is 6. The lowest BCUT2D eigenvalue weighted by Gasteiger charge is -2.23. The van der Waals surface area contributed by atoms with Crippen molar-refractivity contribution in [1.29, 1.82) is 0 Å². The van der Waals surface area contributed by atoms with Crippen LogP contribution < -0.4 is 4.90 Å². The number of hydrogen-bond acceptors (Lipinski definition) is 3. The van der Waals surface area contributed by atoms with E-state index < -0.39 is 11.6 Å². The Morgan fingerprint density at radius 2 is 1.97 bits per heavy atom. The van der Waals surface area contributed by atoms with Crippen LogP contribution >= 0.6 is 0 Å². The number of aryl methyl sites for hydroxylation is 1. The SMILES string of the molecule is C=C(c1c(F)cc(CC)cc1F)N1CCn2ncc(-c3[nH]ncc3C(C)CC)c21.[HH]. The summed E-state index contributed by atoms with van der Waals surface area (Å²) in [5, 5.41) is 11.8. The highest BCUT2D eigenvalue weighted by molar-refractivity contribution is 5.86. The molecule has 0 bridgehead atoms. The van der Waals surface area contributed by atoms with Gasteiger partial charge in [0.05, 0.1) is 35.8 Å². The smallest absolute Gasteiger partial charge is 0.140 e. The summed E-state index contributed by atoms with van der Waals surface area (Å²) in [4.78, 5) is 1.84. The van der Waals surface area contributed by atoms with Gasteiger partial charge in [-0.2, -0.15) is 10.2 Å². The Morgan fingerprint density at radius 3 is 2.62 bits per heavy atom. The minimum atomic E-state index is -0.590. The first-order chi connectivity index (χ1) is 14.0. The molecule has 3 aromatic rings. The first-order valence-corrected chi connectivity index (χ1v) is 10.00. The van der Waals surface area contributed by atoms with Crippen LogP contribution in [0.5, 0.6) is 0 Å². The maximum atomic E-state index is 14.7. The maximum absolute atomic E-state index is 14.7. The molecule has 3 heterocycles. The average Bonchev–Trinajstić information content (AvgIpc) is 3.42. The molecule has 1 atom stereocenters. The molecular weight excluding hydrogens is 372 g/mol. The minimum Gasteiger partial charge on any atom is -0.324 e. The molecule has 154 valence electrons. The van der Waals surface area contributed by atoms with E-state index in [2.05, 4.69) is 35.7 Å². The van der Waals surface area contributed by atoms with E-state index in [1.807, 2.05) is 22.7 Å². The number of nitrogens with one attached hydrogen (secondary N) is 1. The zero-order chi connectivity index (χ0) is 20.7. The standard InChI is InChI=1S/C22H25F2N5.H2/c1-5-13(3)16-11-25-27-21(16)17-12-26-29-8-7-28(22(17)29)14(4)20-18(23)9-15(6-2)10-19(20)24;/h9-13H,4-8H2,1-3H3,(H,25,27);1H. The van der Waals surface area contributed by atoms with Crippen LogP contribution in [0, 0.1) is 11.6 Å². The molecule has 5 nitrogen and oxygen atoms in total. The molecule has 1 aliphatic heterocycles. The molecule has 0 saturated carbocycles. The fourth-order valence-electron chi connectivity index (χ4n) is 3.91. The van der Waals surface area contributed by atoms with Gasteiger partial charge in [0.1, 0.15) is 17.5 Å². The summed E-state index contributed by atoms with van der Waals surface area (Å²) >= 11 is 0. The third-order valence-electron chi connectivity index (χ3n) is 5.81. The van der Waals surface area contributed by atoms with Crippen LogP contribution in [-0.4, -0.2) is 26.5 Å². The van der Waals surface area contributed by atoms with Crippen molar-refractivity contribution in [3.8, 4) is 11.3 Å². The molecule has 0 saturated heterocycles. The summed E-state index contributed by atoms with van der Waals surface area (Å²) < 4.78 is 31.3. The van der Waals surface area contributed by atoms with E-state index in [4.69, 9.17) is 0 Å². The van der Waals surface area contributed by atoms with Crippen LogP contribution in [0.1, 0.15) is 51.2 Å². The van der Waals surface area contributed by atoms with E-state index in [9.17, 15) is 8.78 Å². The molecule has 0 amide bonds.